The molecular weight excluding hydrogens is 245 g/mol. The summed E-state index contributed by atoms with van der Waals surface area (Å²) in [6, 6.07) is 0. The van der Waals surface area contributed by atoms with Crippen LogP contribution < -0.4 is 0 Å². The molecule has 0 heterocycles. The van der Waals surface area contributed by atoms with Crippen molar-refractivity contribution in [2.75, 3.05) is 0 Å². The van der Waals surface area contributed by atoms with Crippen LogP contribution in [0.4, 0.5) is 0 Å². The number of halogens is 1. The molecule has 0 saturated carbocycles. The number of hydrogen-bond donors (Lipinski definition) is 2. The molecule has 0 aromatic heterocycles. The van der Waals surface area contributed by atoms with Crippen molar-refractivity contribution in [3.8, 4) is 0 Å². The van der Waals surface area contributed by atoms with Crippen molar-refractivity contribution in [2.45, 2.75) is 6.92 Å². The van der Waals surface area contributed by atoms with Gasteiger partial charge in [0.2, 0.25) is 0 Å². The monoisotopic (exact) mass is 253 g/mol. The average Bonchev–Trinajstić information content (AvgIpc) is 1.82. The SMILES string of the molecule is CC(=N)C(/C=C\I)=C/S. The van der Waals surface area contributed by atoms with Crippen molar-refractivity contribution in [1.82, 2.24) is 0 Å². The van der Waals surface area contributed by atoms with E-state index in [1.165, 1.54) is 0 Å². The normalized spacial score (nSPS) is 12.6. The van der Waals surface area contributed by atoms with Crippen molar-refractivity contribution < 1.29 is 0 Å². The first kappa shape index (κ1) is 9.23. The first-order chi connectivity index (χ1) is 4.22. The van der Waals surface area contributed by atoms with E-state index in [4.69, 9.17) is 5.41 Å². The second kappa shape index (κ2) is 5.05. The van der Waals surface area contributed by atoms with Gasteiger partial charge in [0.05, 0.1) is 0 Å². The first-order valence-corrected chi connectivity index (χ1v) is 4.15. The smallest absolute Gasteiger partial charge is 0.0360 e. The Hall–Kier alpha value is 0.230. The molecule has 0 aliphatic rings. The number of nitrogens with one attached hydrogen (secondary N) is 1. The van der Waals surface area contributed by atoms with Crippen molar-refractivity contribution >= 4 is 40.9 Å². The maximum absolute atomic E-state index is 7.18. The predicted octanol–water partition coefficient (Wildman–Crippen LogP) is 2.79. The minimum Gasteiger partial charge on any atom is -0.305 e. The Labute approximate surface area is 74.3 Å². The summed E-state index contributed by atoms with van der Waals surface area (Å²) < 4.78 is 1.86. The first-order valence-electron chi connectivity index (χ1n) is 2.39. The number of thiol groups is 1. The molecule has 0 unspecified atom stereocenters. The van der Waals surface area contributed by atoms with Gasteiger partial charge in [-0.25, -0.2) is 0 Å². The van der Waals surface area contributed by atoms with Gasteiger partial charge in [0.15, 0.2) is 0 Å². The molecule has 0 aromatic rings. The maximum Gasteiger partial charge on any atom is 0.0360 e. The molecule has 1 N–H and O–H groups in total. The van der Waals surface area contributed by atoms with Gasteiger partial charge in [0.25, 0.3) is 0 Å². The summed E-state index contributed by atoms with van der Waals surface area (Å²) in [5.41, 5.74) is 1.39. The fourth-order valence-corrected chi connectivity index (χ4v) is 1.000. The Morgan fingerprint density at radius 3 is 2.33 bits per heavy atom. The highest BCUT2D eigenvalue weighted by atomic mass is 127. The van der Waals surface area contributed by atoms with Gasteiger partial charge in [-0.05, 0) is 22.5 Å². The zero-order chi connectivity index (χ0) is 7.28. The third-order valence-corrected chi connectivity index (χ3v) is 1.45. The molecule has 0 aromatic carbocycles. The fraction of sp³-hybridized carbons (Fsp3) is 0.167. The summed E-state index contributed by atoms with van der Waals surface area (Å²) in [7, 11) is 0. The highest BCUT2D eigenvalue weighted by molar-refractivity contribution is 14.1. The van der Waals surface area contributed by atoms with Crippen LogP contribution in [0.1, 0.15) is 6.92 Å². The van der Waals surface area contributed by atoms with Crippen LogP contribution in [-0.2, 0) is 0 Å². The van der Waals surface area contributed by atoms with E-state index in [2.05, 4.69) is 35.2 Å². The lowest BCUT2D eigenvalue weighted by atomic mass is 10.2. The van der Waals surface area contributed by atoms with Crippen LogP contribution in [0.2, 0.25) is 0 Å². The lowest BCUT2D eigenvalue weighted by molar-refractivity contribution is 1.47. The summed E-state index contributed by atoms with van der Waals surface area (Å²) >= 11 is 6.04. The Bertz CT molecular complexity index is 160. The Morgan fingerprint density at radius 2 is 2.22 bits per heavy atom. The molecule has 50 valence electrons. The second-order valence-corrected chi connectivity index (χ2v) is 2.48. The second-order valence-electron chi connectivity index (χ2n) is 1.50. The van der Waals surface area contributed by atoms with E-state index in [1.807, 2.05) is 10.2 Å². The Kier molecular flexibility index (Phi) is 5.18. The van der Waals surface area contributed by atoms with Crippen LogP contribution in [0.5, 0.6) is 0 Å². The largest absolute Gasteiger partial charge is 0.305 e. The molecule has 0 radical (unpaired) electrons. The highest BCUT2D eigenvalue weighted by Crippen LogP contribution is 2.02. The Balaban J connectivity index is 4.19. The molecular formula is C6H8INS. The van der Waals surface area contributed by atoms with Gasteiger partial charge in [-0.15, -0.1) is 0 Å². The van der Waals surface area contributed by atoms with Crippen molar-refractivity contribution in [3.63, 3.8) is 0 Å². The van der Waals surface area contributed by atoms with Gasteiger partial charge in [-0.1, -0.05) is 22.6 Å². The third kappa shape index (κ3) is 3.75. The van der Waals surface area contributed by atoms with E-state index in [-0.39, 0.29) is 0 Å². The molecule has 0 rings (SSSR count). The van der Waals surface area contributed by atoms with Gasteiger partial charge in [0.1, 0.15) is 0 Å². The van der Waals surface area contributed by atoms with E-state index in [0.29, 0.717) is 5.71 Å². The Morgan fingerprint density at radius 1 is 1.67 bits per heavy atom. The highest BCUT2D eigenvalue weighted by Gasteiger charge is 1.89. The zero-order valence-electron chi connectivity index (χ0n) is 5.06. The van der Waals surface area contributed by atoms with E-state index >= 15 is 0 Å². The van der Waals surface area contributed by atoms with Gasteiger partial charge < -0.3 is 5.41 Å². The molecule has 0 aliphatic carbocycles. The third-order valence-electron chi connectivity index (χ3n) is 0.815. The average molecular weight is 253 g/mol. The summed E-state index contributed by atoms with van der Waals surface area (Å²) in [6.45, 7) is 1.73. The molecule has 0 fully saturated rings. The van der Waals surface area contributed by atoms with Crippen molar-refractivity contribution in [1.29, 1.82) is 5.41 Å². The standard InChI is InChI=1S/C6H8INS/c1-5(8)6(4-9)2-3-7/h2-4,8-9H,1H3/b3-2-,6-4+,8-5?. The molecule has 0 saturated heterocycles. The van der Waals surface area contributed by atoms with Crippen LogP contribution >= 0.6 is 35.2 Å². The van der Waals surface area contributed by atoms with Crippen LogP contribution in [0.15, 0.2) is 21.1 Å². The van der Waals surface area contributed by atoms with Crippen LogP contribution in [-0.4, -0.2) is 5.71 Å². The number of rotatable bonds is 2. The topological polar surface area (TPSA) is 23.9 Å². The van der Waals surface area contributed by atoms with E-state index < -0.39 is 0 Å². The number of allylic oxidation sites excluding steroid dienone is 2. The molecule has 0 atom stereocenters. The molecule has 0 aliphatic heterocycles. The lowest BCUT2D eigenvalue weighted by Gasteiger charge is -1.92. The molecule has 0 bridgehead atoms. The molecule has 1 nitrogen and oxygen atoms in total. The zero-order valence-corrected chi connectivity index (χ0v) is 8.11. The fourth-order valence-electron chi connectivity index (χ4n) is 0.333. The molecule has 3 heteroatoms. The summed E-state index contributed by atoms with van der Waals surface area (Å²) in [6.07, 6.45) is 1.84. The minimum absolute atomic E-state index is 0.540. The summed E-state index contributed by atoms with van der Waals surface area (Å²) in [5.74, 6) is 0. The van der Waals surface area contributed by atoms with E-state index in [1.54, 1.807) is 12.3 Å². The van der Waals surface area contributed by atoms with Crippen molar-refractivity contribution in [2.24, 2.45) is 0 Å². The summed E-state index contributed by atoms with van der Waals surface area (Å²) in [5, 5.41) is 8.81. The van der Waals surface area contributed by atoms with Crippen LogP contribution in [0.25, 0.3) is 0 Å². The van der Waals surface area contributed by atoms with E-state index in [9.17, 15) is 0 Å². The van der Waals surface area contributed by atoms with Gasteiger partial charge in [-0.2, -0.15) is 12.6 Å². The maximum atomic E-state index is 7.18. The molecule has 0 spiro atoms. The van der Waals surface area contributed by atoms with E-state index in [0.717, 1.165) is 5.57 Å². The van der Waals surface area contributed by atoms with Crippen LogP contribution in [0, 0.1) is 5.41 Å². The predicted molar refractivity (Wildman–Crippen MR) is 53.6 cm³/mol. The molecule has 0 amide bonds. The van der Waals surface area contributed by atoms with Gasteiger partial charge >= 0.3 is 0 Å². The van der Waals surface area contributed by atoms with Gasteiger partial charge in [0, 0.05) is 11.3 Å². The summed E-state index contributed by atoms with van der Waals surface area (Å²) in [4.78, 5) is 0. The molecule has 9 heavy (non-hydrogen) atoms. The lowest BCUT2D eigenvalue weighted by Crippen LogP contribution is -1.88. The minimum atomic E-state index is 0.540. The van der Waals surface area contributed by atoms with Crippen molar-refractivity contribution in [3.05, 3.63) is 21.1 Å². The quantitative estimate of drug-likeness (QED) is 0.327. The van der Waals surface area contributed by atoms with Crippen LogP contribution in [0.3, 0.4) is 0 Å². The number of hydrogen-bond acceptors (Lipinski definition) is 2. The van der Waals surface area contributed by atoms with Gasteiger partial charge in [-0.3, -0.25) is 0 Å².